The number of carboxylic acids is 1. The Hall–Kier alpha value is -2.48. The molecule has 8 heteroatoms. The molecule has 0 aliphatic heterocycles. The Morgan fingerprint density at radius 2 is 1.52 bits per heavy atom. The molecule has 2 aromatic rings. The van der Waals surface area contributed by atoms with E-state index >= 15 is 0 Å². The first-order chi connectivity index (χ1) is 9.81. The fourth-order valence-corrected chi connectivity index (χ4v) is 2.64. The van der Waals surface area contributed by atoms with Crippen LogP contribution < -0.4 is 4.72 Å². The lowest BCUT2D eigenvalue weighted by molar-refractivity contribution is 0.0696. The molecule has 0 spiro atoms. The van der Waals surface area contributed by atoms with Gasteiger partial charge in [-0.3, -0.25) is 4.72 Å². The van der Waals surface area contributed by atoms with E-state index in [1.807, 2.05) is 0 Å². The Labute approximate surface area is 118 Å². The highest BCUT2D eigenvalue weighted by Gasteiger charge is 2.19. The Kier molecular flexibility index (Phi) is 3.90. The zero-order chi connectivity index (χ0) is 15.6. The zero-order valence-electron chi connectivity index (χ0n) is 10.4. The number of rotatable bonds is 4. The van der Waals surface area contributed by atoms with E-state index < -0.39 is 33.3 Å². The molecule has 110 valence electrons. The normalized spacial score (nSPS) is 11.1. The quantitative estimate of drug-likeness (QED) is 0.908. The summed E-state index contributed by atoms with van der Waals surface area (Å²) in [7, 11) is -4.22. The van der Waals surface area contributed by atoms with Gasteiger partial charge < -0.3 is 5.11 Å². The molecule has 0 aliphatic carbocycles. The Bertz CT molecular complexity index is 768. The summed E-state index contributed by atoms with van der Waals surface area (Å²) < 4.78 is 52.6. The van der Waals surface area contributed by atoms with Crippen molar-refractivity contribution in [3.05, 3.63) is 59.7 Å². The van der Waals surface area contributed by atoms with E-state index in [1.165, 1.54) is 0 Å². The fourth-order valence-electron chi connectivity index (χ4n) is 1.57. The van der Waals surface area contributed by atoms with Gasteiger partial charge in [0.25, 0.3) is 10.0 Å². The average Bonchev–Trinajstić information content (AvgIpc) is 2.43. The molecule has 0 amide bonds. The van der Waals surface area contributed by atoms with Crippen LogP contribution >= 0.6 is 0 Å². The van der Waals surface area contributed by atoms with Gasteiger partial charge in [-0.2, -0.15) is 0 Å². The molecule has 0 saturated heterocycles. The molecule has 0 radical (unpaired) electrons. The molecule has 2 aromatic carbocycles. The average molecular weight is 313 g/mol. The number of anilines is 1. The molecule has 0 heterocycles. The standard InChI is InChI=1S/C13H9F2NO4S/c14-10-2-1-3-11(15)12(10)16-21(19,20)9-6-4-8(5-7-9)13(17)18/h1-7,16H,(H,17,18). The van der Waals surface area contributed by atoms with Crippen molar-refractivity contribution in [1.29, 1.82) is 0 Å². The van der Waals surface area contributed by atoms with Crippen LogP contribution in [0.15, 0.2) is 47.4 Å². The van der Waals surface area contributed by atoms with Gasteiger partial charge in [-0.05, 0) is 36.4 Å². The first-order valence-electron chi connectivity index (χ1n) is 5.61. The third-order valence-corrected chi connectivity index (χ3v) is 3.98. The van der Waals surface area contributed by atoms with E-state index in [0.717, 1.165) is 42.5 Å². The fraction of sp³-hybridized carbons (Fsp3) is 0. The molecule has 0 fully saturated rings. The second-order valence-corrected chi connectivity index (χ2v) is 5.71. The zero-order valence-corrected chi connectivity index (χ0v) is 11.2. The van der Waals surface area contributed by atoms with Crippen molar-refractivity contribution in [3.8, 4) is 0 Å². The Morgan fingerprint density at radius 3 is 2.00 bits per heavy atom. The van der Waals surface area contributed by atoms with Gasteiger partial charge >= 0.3 is 5.97 Å². The molecule has 0 unspecified atom stereocenters. The smallest absolute Gasteiger partial charge is 0.335 e. The number of aromatic carboxylic acids is 1. The molecular weight excluding hydrogens is 304 g/mol. The lowest BCUT2D eigenvalue weighted by atomic mass is 10.2. The molecule has 2 rings (SSSR count). The third-order valence-electron chi connectivity index (χ3n) is 2.61. The van der Waals surface area contributed by atoms with Gasteiger partial charge in [0.2, 0.25) is 0 Å². The summed E-state index contributed by atoms with van der Waals surface area (Å²) in [6.45, 7) is 0. The largest absolute Gasteiger partial charge is 0.478 e. The predicted octanol–water partition coefficient (Wildman–Crippen LogP) is 2.46. The second kappa shape index (κ2) is 5.49. The van der Waals surface area contributed by atoms with Gasteiger partial charge in [0, 0.05) is 0 Å². The summed E-state index contributed by atoms with van der Waals surface area (Å²) in [5.41, 5.74) is -0.897. The Balaban J connectivity index is 2.36. The van der Waals surface area contributed by atoms with Gasteiger partial charge in [0.05, 0.1) is 10.5 Å². The molecule has 0 aliphatic rings. The number of halogens is 2. The van der Waals surface area contributed by atoms with Crippen LogP contribution in [0.25, 0.3) is 0 Å². The van der Waals surface area contributed by atoms with Crippen molar-refractivity contribution in [1.82, 2.24) is 0 Å². The van der Waals surface area contributed by atoms with Gasteiger partial charge in [-0.25, -0.2) is 22.0 Å². The summed E-state index contributed by atoms with van der Waals surface area (Å²) in [6.07, 6.45) is 0. The van der Waals surface area contributed by atoms with E-state index in [2.05, 4.69) is 0 Å². The highest BCUT2D eigenvalue weighted by molar-refractivity contribution is 7.92. The maximum Gasteiger partial charge on any atom is 0.335 e. The summed E-state index contributed by atoms with van der Waals surface area (Å²) in [5, 5.41) is 8.72. The molecule has 0 bridgehead atoms. The highest BCUT2D eigenvalue weighted by atomic mass is 32.2. The van der Waals surface area contributed by atoms with E-state index in [-0.39, 0.29) is 10.5 Å². The van der Waals surface area contributed by atoms with E-state index in [0.29, 0.717) is 0 Å². The predicted molar refractivity (Wildman–Crippen MR) is 70.6 cm³/mol. The number of para-hydroxylation sites is 1. The minimum Gasteiger partial charge on any atom is -0.478 e. The topological polar surface area (TPSA) is 83.5 Å². The molecule has 0 aromatic heterocycles. The van der Waals surface area contributed by atoms with Crippen LogP contribution in [-0.2, 0) is 10.0 Å². The van der Waals surface area contributed by atoms with Crippen molar-refractivity contribution in [2.75, 3.05) is 4.72 Å². The van der Waals surface area contributed by atoms with Gasteiger partial charge in [0.15, 0.2) is 0 Å². The second-order valence-electron chi connectivity index (χ2n) is 4.03. The van der Waals surface area contributed by atoms with E-state index in [4.69, 9.17) is 5.11 Å². The van der Waals surface area contributed by atoms with Crippen LogP contribution in [0.3, 0.4) is 0 Å². The van der Waals surface area contributed by atoms with Crippen molar-refractivity contribution in [3.63, 3.8) is 0 Å². The summed E-state index contributed by atoms with van der Waals surface area (Å²) in [4.78, 5) is 10.4. The number of hydrogen-bond donors (Lipinski definition) is 2. The van der Waals surface area contributed by atoms with Gasteiger partial charge in [-0.15, -0.1) is 0 Å². The first kappa shape index (κ1) is 14.9. The SMILES string of the molecule is O=C(O)c1ccc(S(=O)(=O)Nc2c(F)cccc2F)cc1. The van der Waals surface area contributed by atoms with Crippen LogP contribution in [0, 0.1) is 11.6 Å². The number of carbonyl (C=O) groups is 1. The summed E-state index contributed by atoms with van der Waals surface area (Å²) in [5.74, 6) is -3.33. The molecule has 0 atom stereocenters. The summed E-state index contributed by atoms with van der Waals surface area (Å²) in [6, 6.07) is 7.14. The minimum atomic E-state index is -4.22. The van der Waals surface area contributed by atoms with Crippen molar-refractivity contribution in [2.45, 2.75) is 4.90 Å². The maximum absolute atomic E-state index is 13.4. The maximum atomic E-state index is 13.4. The molecule has 21 heavy (non-hydrogen) atoms. The van der Waals surface area contributed by atoms with Gasteiger partial charge in [0.1, 0.15) is 17.3 Å². The van der Waals surface area contributed by atoms with Gasteiger partial charge in [-0.1, -0.05) is 6.07 Å². The molecule has 0 saturated carbocycles. The van der Waals surface area contributed by atoms with Crippen LogP contribution in [0.4, 0.5) is 14.5 Å². The number of hydrogen-bond acceptors (Lipinski definition) is 3. The van der Waals surface area contributed by atoms with Crippen molar-refractivity contribution >= 4 is 21.7 Å². The molecule has 2 N–H and O–H groups in total. The summed E-state index contributed by atoms with van der Waals surface area (Å²) >= 11 is 0. The van der Waals surface area contributed by atoms with Crippen molar-refractivity contribution < 1.29 is 27.1 Å². The lowest BCUT2D eigenvalue weighted by Crippen LogP contribution is -2.15. The number of sulfonamides is 1. The minimum absolute atomic E-state index is 0.106. The lowest BCUT2D eigenvalue weighted by Gasteiger charge is -2.09. The van der Waals surface area contributed by atoms with Crippen LogP contribution in [0.2, 0.25) is 0 Å². The van der Waals surface area contributed by atoms with Crippen LogP contribution in [0.1, 0.15) is 10.4 Å². The van der Waals surface area contributed by atoms with E-state index in [1.54, 1.807) is 4.72 Å². The number of nitrogens with one attached hydrogen (secondary N) is 1. The third kappa shape index (κ3) is 3.16. The van der Waals surface area contributed by atoms with E-state index in [9.17, 15) is 22.0 Å². The highest BCUT2D eigenvalue weighted by Crippen LogP contribution is 2.22. The first-order valence-corrected chi connectivity index (χ1v) is 7.10. The monoisotopic (exact) mass is 313 g/mol. The number of benzene rings is 2. The Morgan fingerprint density at radius 1 is 1.00 bits per heavy atom. The number of carboxylic acid groups (broad SMARTS) is 1. The van der Waals surface area contributed by atoms with Crippen LogP contribution in [0.5, 0.6) is 0 Å². The molecule has 5 nitrogen and oxygen atoms in total. The molecular formula is C13H9F2NO4S. The van der Waals surface area contributed by atoms with Crippen LogP contribution in [-0.4, -0.2) is 19.5 Å². The van der Waals surface area contributed by atoms with Crippen molar-refractivity contribution in [2.24, 2.45) is 0 Å².